The highest BCUT2D eigenvalue weighted by molar-refractivity contribution is 7.89. The summed E-state index contributed by atoms with van der Waals surface area (Å²) in [6.45, 7) is 6.36. The standard InChI is InChI=1S/C35H46F2N4O6S/c1-4-11-41(12-5-2)35(45)28-18-27(19-31(20-28)48(46,47)39-10-13-42)34(44)40-32(17-26-15-29(36)21-30(37)16-26)33(43)23-38-22-25-9-7-8-24(6-3)14-25/h7-9,14-16,18-21,32-33,38-39,42-43H,4-6,10-13,17,22-23H2,1-3H3,(H,40,44)/t32-,33+/m0/s1. The average molecular weight is 689 g/mol. The zero-order valence-electron chi connectivity index (χ0n) is 27.6. The molecule has 5 N–H and O–H groups in total. The van der Waals surface area contributed by atoms with E-state index in [-0.39, 0.29) is 41.1 Å². The molecule has 0 aromatic heterocycles. The van der Waals surface area contributed by atoms with Crippen LogP contribution in [0.5, 0.6) is 0 Å². The quantitative estimate of drug-likeness (QED) is 0.129. The number of carbonyl (C=O) groups excluding carboxylic acids is 2. The van der Waals surface area contributed by atoms with Crippen LogP contribution >= 0.6 is 0 Å². The first-order chi connectivity index (χ1) is 22.9. The van der Waals surface area contributed by atoms with Gasteiger partial charge in [0, 0.05) is 49.9 Å². The minimum Gasteiger partial charge on any atom is -0.395 e. The van der Waals surface area contributed by atoms with E-state index in [1.807, 2.05) is 45.0 Å². The molecule has 10 nitrogen and oxygen atoms in total. The van der Waals surface area contributed by atoms with Gasteiger partial charge >= 0.3 is 0 Å². The number of aryl methyl sites for hydroxylation is 1. The van der Waals surface area contributed by atoms with Crippen LogP contribution in [-0.4, -0.2) is 80.3 Å². The summed E-state index contributed by atoms with van der Waals surface area (Å²) >= 11 is 0. The predicted octanol–water partition coefficient (Wildman–Crippen LogP) is 3.55. The first-order valence-corrected chi connectivity index (χ1v) is 17.7. The number of nitrogens with zero attached hydrogens (tertiary/aromatic N) is 1. The normalized spacial score (nSPS) is 12.8. The van der Waals surface area contributed by atoms with Gasteiger partial charge < -0.3 is 25.7 Å². The summed E-state index contributed by atoms with van der Waals surface area (Å²) in [5.74, 6) is -2.91. The Morgan fingerprint density at radius 2 is 1.52 bits per heavy atom. The molecule has 0 saturated heterocycles. The van der Waals surface area contributed by atoms with Gasteiger partial charge in [-0.05, 0) is 72.7 Å². The van der Waals surface area contributed by atoms with Crippen molar-refractivity contribution in [3.05, 3.63) is 100 Å². The summed E-state index contributed by atoms with van der Waals surface area (Å²) in [7, 11) is -4.23. The Kier molecular flexibility index (Phi) is 15.1. The van der Waals surface area contributed by atoms with Crippen molar-refractivity contribution in [2.75, 3.05) is 32.8 Å². The Labute approximate surface area is 281 Å². The summed E-state index contributed by atoms with van der Waals surface area (Å²) in [4.78, 5) is 28.5. The largest absolute Gasteiger partial charge is 0.395 e. The number of nitrogens with one attached hydrogen (secondary N) is 3. The number of amides is 2. The number of carbonyl (C=O) groups is 2. The van der Waals surface area contributed by atoms with E-state index < -0.39 is 52.2 Å². The van der Waals surface area contributed by atoms with Crippen LogP contribution < -0.4 is 15.4 Å². The molecule has 0 aliphatic rings. The van der Waals surface area contributed by atoms with Gasteiger partial charge in [0.1, 0.15) is 11.6 Å². The smallest absolute Gasteiger partial charge is 0.253 e. The average Bonchev–Trinajstić information content (AvgIpc) is 3.06. The second kappa shape index (κ2) is 18.7. The molecule has 0 aliphatic heterocycles. The highest BCUT2D eigenvalue weighted by atomic mass is 32.2. The fraction of sp³-hybridized carbons (Fsp3) is 0.429. The Balaban J connectivity index is 1.96. The molecule has 13 heteroatoms. The minimum absolute atomic E-state index is 0.00528. The number of hydrogen-bond acceptors (Lipinski definition) is 7. The maximum Gasteiger partial charge on any atom is 0.253 e. The van der Waals surface area contributed by atoms with Crippen molar-refractivity contribution in [1.29, 1.82) is 0 Å². The number of aliphatic hydroxyl groups excluding tert-OH is 2. The molecule has 0 radical (unpaired) electrons. The van der Waals surface area contributed by atoms with Gasteiger partial charge in [-0.2, -0.15) is 0 Å². The molecular weight excluding hydrogens is 642 g/mol. The van der Waals surface area contributed by atoms with Crippen LogP contribution in [0.25, 0.3) is 0 Å². The summed E-state index contributed by atoms with van der Waals surface area (Å²) < 4.78 is 56.5. The topological polar surface area (TPSA) is 148 Å². The molecule has 0 fully saturated rings. The van der Waals surface area contributed by atoms with Gasteiger partial charge in [0.25, 0.3) is 11.8 Å². The third-order valence-corrected chi connectivity index (χ3v) is 9.09. The van der Waals surface area contributed by atoms with E-state index in [4.69, 9.17) is 0 Å². The van der Waals surface area contributed by atoms with Crippen molar-refractivity contribution < 1.29 is 37.0 Å². The molecule has 262 valence electrons. The molecule has 3 rings (SSSR count). The molecule has 3 aromatic rings. The first kappa shape index (κ1) is 38.7. The Morgan fingerprint density at radius 1 is 0.875 bits per heavy atom. The van der Waals surface area contributed by atoms with Gasteiger partial charge in [0.2, 0.25) is 10.0 Å². The molecule has 0 heterocycles. The fourth-order valence-electron chi connectivity index (χ4n) is 5.29. The number of rotatable bonds is 19. The second-order valence-electron chi connectivity index (χ2n) is 11.6. The molecule has 0 saturated carbocycles. The highest BCUT2D eigenvalue weighted by Gasteiger charge is 2.26. The monoisotopic (exact) mass is 688 g/mol. The van der Waals surface area contributed by atoms with E-state index >= 15 is 0 Å². The first-order valence-electron chi connectivity index (χ1n) is 16.2. The lowest BCUT2D eigenvalue weighted by molar-refractivity contribution is 0.0755. The Hall–Kier alpha value is -3.75. The summed E-state index contributed by atoms with van der Waals surface area (Å²) in [6, 6.07) is 13.3. The zero-order valence-corrected chi connectivity index (χ0v) is 28.5. The second-order valence-corrected chi connectivity index (χ2v) is 13.4. The minimum atomic E-state index is -4.23. The van der Waals surface area contributed by atoms with Crippen molar-refractivity contribution in [2.24, 2.45) is 0 Å². The van der Waals surface area contributed by atoms with E-state index in [9.17, 15) is 37.0 Å². The number of aliphatic hydroxyl groups is 2. The lowest BCUT2D eigenvalue weighted by atomic mass is 9.99. The van der Waals surface area contributed by atoms with Crippen LogP contribution in [0.1, 0.15) is 71.0 Å². The van der Waals surface area contributed by atoms with E-state index in [1.54, 1.807) is 4.90 Å². The maximum atomic E-state index is 14.1. The third kappa shape index (κ3) is 11.4. The van der Waals surface area contributed by atoms with Gasteiger partial charge in [-0.3, -0.25) is 9.59 Å². The molecule has 2 atom stereocenters. The molecule has 0 spiro atoms. The van der Waals surface area contributed by atoms with Gasteiger partial charge in [-0.15, -0.1) is 0 Å². The SMILES string of the molecule is CCCN(CCC)C(=O)c1cc(C(=O)N[C@@H](Cc2cc(F)cc(F)c2)[C@H](O)CNCc2cccc(CC)c2)cc(S(=O)(=O)NCCO)c1. The number of halogens is 2. The summed E-state index contributed by atoms with van der Waals surface area (Å²) in [6.07, 6.45) is 0.786. The van der Waals surface area contributed by atoms with Crippen LogP contribution in [0, 0.1) is 11.6 Å². The number of hydrogen-bond donors (Lipinski definition) is 5. The predicted molar refractivity (Wildman–Crippen MR) is 180 cm³/mol. The van der Waals surface area contributed by atoms with Crippen molar-refractivity contribution in [3.63, 3.8) is 0 Å². The molecule has 3 aromatic carbocycles. The lowest BCUT2D eigenvalue weighted by Gasteiger charge is -2.26. The zero-order chi connectivity index (χ0) is 35.3. The Morgan fingerprint density at radius 3 is 2.15 bits per heavy atom. The number of sulfonamides is 1. The van der Waals surface area contributed by atoms with Crippen molar-refractivity contribution in [1.82, 2.24) is 20.3 Å². The maximum absolute atomic E-state index is 14.1. The van der Waals surface area contributed by atoms with E-state index in [2.05, 4.69) is 15.4 Å². The molecule has 0 aliphatic carbocycles. The molecule has 2 amide bonds. The molecular formula is C35H46F2N4O6S. The van der Waals surface area contributed by atoms with Gasteiger partial charge in [0.15, 0.2) is 0 Å². The van der Waals surface area contributed by atoms with Crippen molar-refractivity contribution >= 4 is 21.8 Å². The van der Waals surface area contributed by atoms with Gasteiger partial charge in [-0.25, -0.2) is 21.9 Å². The van der Waals surface area contributed by atoms with E-state index in [1.165, 1.54) is 12.1 Å². The molecule has 0 unspecified atom stereocenters. The summed E-state index contributed by atoms with van der Waals surface area (Å²) in [5, 5.41) is 26.3. The Bertz CT molecular complexity index is 1610. The van der Waals surface area contributed by atoms with Crippen LogP contribution in [0.15, 0.2) is 65.6 Å². The van der Waals surface area contributed by atoms with E-state index in [0.29, 0.717) is 32.5 Å². The number of benzene rings is 3. The molecule has 48 heavy (non-hydrogen) atoms. The van der Waals surface area contributed by atoms with Crippen LogP contribution in [0.2, 0.25) is 0 Å². The lowest BCUT2D eigenvalue weighted by Crippen LogP contribution is -2.48. The van der Waals surface area contributed by atoms with E-state index in [0.717, 1.165) is 41.8 Å². The van der Waals surface area contributed by atoms with Crippen molar-refractivity contribution in [3.8, 4) is 0 Å². The van der Waals surface area contributed by atoms with Gasteiger partial charge in [0.05, 0.1) is 23.6 Å². The third-order valence-electron chi connectivity index (χ3n) is 7.65. The molecule has 0 bridgehead atoms. The summed E-state index contributed by atoms with van der Waals surface area (Å²) in [5.41, 5.74) is 2.11. The van der Waals surface area contributed by atoms with Crippen LogP contribution in [0.4, 0.5) is 8.78 Å². The van der Waals surface area contributed by atoms with Crippen LogP contribution in [-0.2, 0) is 29.4 Å². The van der Waals surface area contributed by atoms with Crippen molar-refractivity contribution in [2.45, 2.75) is 70.0 Å². The van der Waals surface area contributed by atoms with Crippen LogP contribution in [0.3, 0.4) is 0 Å². The van der Waals surface area contributed by atoms with Gasteiger partial charge in [-0.1, -0.05) is 45.0 Å². The highest BCUT2D eigenvalue weighted by Crippen LogP contribution is 2.19. The fourth-order valence-corrected chi connectivity index (χ4v) is 6.38.